The third-order valence-corrected chi connectivity index (χ3v) is 5.91. The average Bonchev–Trinajstić information content (AvgIpc) is 3.49. The first kappa shape index (κ1) is 22.2. The molecule has 0 radical (unpaired) electrons. The summed E-state index contributed by atoms with van der Waals surface area (Å²) in [7, 11) is 0. The molecule has 0 spiro atoms. The monoisotopic (exact) mass is 499 g/mol. The summed E-state index contributed by atoms with van der Waals surface area (Å²) in [6, 6.07) is 9.83. The lowest BCUT2D eigenvalue weighted by Crippen LogP contribution is -2.26. The Morgan fingerprint density at radius 1 is 1.21 bits per heavy atom. The molecule has 34 heavy (non-hydrogen) atoms. The molecule has 174 valence electrons. The largest absolute Gasteiger partial charge is 0.482 e. The smallest absolute Gasteiger partial charge is 0.263 e. The molecule has 1 aliphatic rings. The minimum atomic E-state index is -0.460. The summed E-state index contributed by atoms with van der Waals surface area (Å²) in [4.78, 5) is 32.7. The van der Waals surface area contributed by atoms with E-state index in [-0.39, 0.29) is 18.1 Å². The van der Waals surface area contributed by atoms with Gasteiger partial charge in [-0.3, -0.25) is 14.6 Å². The van der Waals surface area contributed by atoms with Crippen LogP contribution < -0.4 is 15.6 Å². The number of furan rings is 1. The first-order valence-electron chi connectivity index (χ1n) is 10.6. The van der Waals surface area contributed by atoms with E-state index in [9.17, 15) is 9.59 Å². The maximum Gasteiger partial charge on any atom is 0.263 e. The second-order valence-electron chi connectivity index (χ2n) is 7.74. The van der Waals surface area contributed by atoms with Crippen LogP contribution in [0.4, 0.5) is 5.82 Å². The SMILES string of the molecule is O=C(COc1ccc(Cl)cc1Cl)Nc1cc(-c2ccco2)nn1-c1nc2c(c(=O)[nH]1)CCCC2. The second-order valence-corrected chi connectivity index (χ2v) is 8.58. The van der Waals surface area contributed by atoms with Crippen LogP contribution >= 0.6 is 23.2 Å². The third-order valence-electron chi connectivity index (χ3n) is 5.38. The van der Waals surface area contributed by atoms with E-state index in [1.54, 1.807) is 30.3 Å². The highest BCUT2D eigenvalue weighted by molar-refractivity contribution is 6.35. The van der Waals surface area contributed by atoms with Gasteiger partial charge >= 0.3 is 0 Å². The standard InChI is InChI=1S/C23H19Cl2N5O4/c24-13-7-8-18(15(25)10-13)34-12-21(31)27-20-11-17(19-6-3-9-33-19)29-30(20)23-26-16-5-2-1-4-14(16)22(32)28-23/h3,6-11H,1-2,4-5,12H2,(H,27,31)(H,26,28,32). The number of H-pyrrole nitrogens is 1. The highest BCUT2D eigenvalue weighted by atomic mass is 35.5. The number of fused-ring (bicyclic) bond motifs is 1. The molecule has 1 aliphatic carbocycles. The second kappa shape index (κ2) is 9.36. The molecule has 0 atom stereocenters. The third kappa shape index (κ3) is 4.57. The Balaban J connectivity index is 1.44. The van der Waals surface area contributed by atoms with Crippen LogP contribution in [0, 0.1) is 0 Å². The van der Waals surface area contributed by atoms with Crippen molar-refractivity contribution in [3.05, 3.63) is 74.3 Å². The van der Waals surface area contributed by atoms with Gasteiger partial charge in [-0.15, -0.1) is 0 Å². The minimum absolute atomic E-state index is 0.201. The van der Waals surface area contributed by atoms with Crippen LogP contribution in [0.5, 0.6) is 5.75 Å². The van der Waals surface area contributed by atoms with Crippen molar-refractivity contribution in [1.29, 1.82) is 0 Å². The molecular weight excluding hydrogens is 481 g/mol. The van der Waals surface area contributed by atoms with E-state index in [4.69, 9.17) is 32.4 Å². The summed E-state index contributed by atoms with van der Waals surface area (Å²) in [5.74, 6) is 0.866. The number of anilines is 1. The molecule has 5 rings (SSSR count). The summed E-state index contributed by atoms with van der Waals surface area (Å²) >= 11 is 12.0. The maximum absolute atomic E-state index is 12.7. The Labute approximate surface area is 203 Å². The van der Waals surface area contributed by atoms with E-state index in [0.717, 1.165) is 25.0 Å². The molecule has 3 heterocycles. The zero-order valence-electron chi connectivity index (χ0n) is 17.8. The number of benzene rings is 1. The summed E-state index contributed by atoms with van der Waals surface area (Å²) < 4.78 is 12.3. The van der Waals surface area contributed by atoms with E-state index >= 15 is 0 Å². The van der Waals surface area contributed by atoms with Gasteiger partial charge in [-0.1, -0.05) is 23.2 Å². The number of carbonyl (C=O) groups is 1. The number of ether oxygens (including phenoxy) is 1. The minimum Gasteiger partial charge on any atom is -0.482 e. The number of aryl methyl sites for hydroxylation is 1. The van der Waals surface area contributed by atoms with Gasteiger partial charge in [-0.05, 0) is 56.0 Å². The van der Waals surface area contributed by atoms with Gasteiger partial charge < -0.3 is 14.5 Å². The van der Waals surface area contributed by atoms with E-state index in [2.05, 4.69) is 20.4 Å². The lowest BCUT2D eigenvalue weighted by atomic mass is 9.97. The molecule has 0 bridgehead atoms. The van der Waals surface area contributed by atoms with Crippen molar-refractivity contribution < 1.29 is 13.9 Å². The van der Waals surface area contributed by atoms with Crippen LogP contribution in [-0.4, -0.2) is 32.3 Å². The van der Waals surface area contributed by atoms with Gasteiger partial charge in [-0.25, -0.2) is 4.98 Å². The first-order valence-corrected chi connectivity index (χ1v) is 11.4. The number of aromatic nitrogens is 4. The Hall–Kier alpha value is -3.56. The van der Waals surface area contributed by atoms with Gasteiger partial charge in [0, 0.05) is 16.7 Å². The van der Waals surface area contributed by atoms with Gasteiger partial charge in [0.15, 0.2) is 12.4 Å². The molecule has 0 fully saturated rings. The fourth-order valence-electron chi connectivity index (χ4n) is 3.78. The Bertz CT molecular complexity index is 1410. The Morgan fingerprint density at radius 3 is 2.85 bits per heavy atom. The van der Waals surface area contributed by atoms with Gasteiger partial charge in [0.25, 0.3) is 11.5 Å². The van der Waals surface area contributed by atoms with E-state index < -0.39 is 5.91 Å². The van der Waals surface area contributed by atoms with Crippen molar-refractivity contribution in [3.8, 4) is 23.2 Å². The highest BCUT2D eigenvalue weighted by Crippen LogP contribution is 2.28. The lowest BCUT2D eigenvalue weighted by Gasteiger charge is -2.15. The van der Waals surface area contributed by atoms with Gasteiger partial charge in [-0.2, -0.15) is 9.78 Å². The molecule has 0 unspecified atom stereocenters. The number of hydrogen-bond donors (Lipinski definition) is 2. The highest BCUT2D eigenvalue weighted by Gasteiger charge is 2.21. The zero-order chi connectivity index (χ0) is 23.7. The number of rotatable bonds is 6. The number of nitrogens with one attached hydrogen (secondary N) is 2. The number of hydrogen-bond acceptors (Lipinski definition) is 6. The number of carbonyl (C=O) groups excluding carboxylic acids is 1. The maximum atomic E-state index is 12.7. The molecule has 0 aliphatic heterocycles. The van der Waals surface area contributed by atoms with Crippen molar-refractivity contribution >= 4 is 34.9 Å². The van der Waals surface area contributed by atoms with Gasteiger partial charge in [0.2, 0.25) is 5.95 Å². The van der Waals surface area contributed by atoms with E-state index in [0.29, 0.717) is 45.1 Å². The molecule has 1 amide bonds. The van der Waals surface area contributed by atoms with Crippen molar-refractivity contribution in [2.24, 2.45) is 0 Å². The van der Waals surface area contributed by atoms with Crippen LogP contribution in [0.3, 0.4) is 0 Å². The Morgan fingerprint density at radius 2 is 2.06 bits per heavy atom. The zero-order valence-corrected chi connectivity index (χ0v) is 19.3. The van der Waals surface area contributed by atoms with Crippen molar-refractivity contribution in [1.82, 2.24) is 19.7 Å². The number of halogens is 2. The van der Waals surface area contributed by atoms with Crippen LogP contribution in [0.15, 0.2) is 51.9 Å². The molecule has 4 aromatic rings. The number of nitrogens with zero attached hydrogens (tertiary/aromatic N) is 3. The molecular formula is C23H19Cl2N5O4. The molecule has 0 saturated carbocycles. The van der Waals surface area contributed by atoms with E-state index in [1.165, 1.54) is 17.0 Å². The van der Waals surface area contributed by atoms with Crippen molar-refractivity contribution in [2.45, 2.75) is 25.7 Å². The molecule has 1 aromatic carbocycles. The van der Waals surface area contributed by atoms with E-state index in [1.807, 2.05) is 0 Å². The summed E-state index contributed by atoms with van der Waals surface area (Å²) in [5, 5.41) is 8.02. The molecule has 3 aromatic heterocycles. The average molecular weight is 500 g/mol. The number of aromatic amines is 1. The summed E-state index contributed by atoms with van der Waals surface area (Å²) in [5.41, 5.74) is 1.71. The predicted octanol–water partition coefficient (Wildman–Crippen LogP) is 4.42. The normalized spacial score (nSPS) is 12.9. The van der Waals surface area contributed by atoms with Crippen molar-refractivity contribution in [3.63, 3.8) is 0 Å². The molecule has 11 heteroatoms. The van der Waals surface area contributed by atoms with Crippen LogP contribution in [0.1, 0.15) is 24.1 Å². The first-order chi connectivity index (χ1) is 16.5. The summed E-state index contributed by atoms with van der Waals surface area (Å²) in [6.07, 6.45) is 4.86. The van der Waals surface area contributed by atoms with Crippen LogP contribution in [0.2, 0.25) is 10.0 Å². The van der Waals surface area contributed by atoms with Crippen LogP contribution in [0.25, 0.3) is 17.4 Å². The van der Waals surface area contributed by atoms with Gasteiger partial charge in [0.1, 0.15) is 17.3 Å². The molecule has 2 N–H and O–H groups in total. The van der Waals surface area contributed by atoms with Crippen molar-refractivity contribution in [2.75, 3.05) is 11.9 Å². The fraction of sp³-hybridized carbons (Fsp3) is 0.217. The lowest BCUT2D eigenvalue weighted by molar-refractivity contribution is -0.118. The molecule has 9 nitrogen and oxygen atoms in total. The molecule has 0 saturated heterocycles. The van der Waals surface area contributed by atoms with Gasteiger partial charge in [0.05, 0.1) is 17.0 Å². The topological polar surface area (TPSA) is 115 Å². The summed E-state index contributed by atoms with van der Waals surface area (Å²) in [6.45, 7) is -0.309. The number of amides is 1. The van der Waals surface area contributed by atoms with Crippen LogP contribution in [-0.2, 0) is 17.6 Å². The quantitative estimate of drug-likeness (QED) is 0.405. The fourth-order valence-corrected chi connectivity index (χ4v) is 4.24. The predicted molar refractivity (Wildman–Crippen MR) is 127 cm³/mol. The Kier molecular flexibility index (Phi) is 6.12.